The number of esters is 1. The summed E-state index contributed by atoms with van der Waals surface area (Å²) in [6.07, 6.45) is 2.17. The van der Waals surface area contributed by atoms with E-state index in [0.717, 1.165) is 0 Å². The summed E-state index contributed by atoms with van der Waals surface area (Å²) in [6, 6.07) is -3.39. The highest BCUT2D eigenvalue weighted by molar-refractivity contribution is 5.94. The van der Waals surface area contributed by atoms with E-state index in [4.69, 9.17) is 41.1 Å². The summed E-state index contributed by atoms with van der Waals surface area (Å²) in [7, 11) is 0. The molecule has 0 aromatic heterocycles. The van der Waals surface area contributed by atoms with Crippen LogP contribution in [0.25, 0.3) is 41.8 Å². The molecule has 4 N–H and O–H groups in total. The number of carbonyl (C=O) groups is 5. The molecule has 0 aliphatic rings. The van der Waals surface area contributed by atoms with Crippen LogP contribution in [-0.4, -0.2) is 133 Å². The van der Waals surface area contributed by atoms with Crippen molar-refractivity contribution in [3.63, 3.8) is 0 Å². The number of halogens is 5. The Morgan fingerprint density at radius 1 is 0.457 bits per heavy atom. The van der Waals surface area contributed by atoms with Crippen LogP contribution in [0.5, 0.6) is 5.75 Å². The van der Waals surface area contributed by atoms with E-state index in [-0.39, 0.29) is 118 Å². The van der Waals surface area contributed by atoms with Crippen LogP contribution in [0.4, 0.5) is 22.0 Å². The van der Waals surface area contributed by atoms with Gasteiger partial charge in [0.05, 0.1) is 59.3 Å². The largest absolute Gasteiger partial charge is 0.420 e. The molecule has 0 saturated carbocycles. The molecule has 0 saturated heterocycles. The SMILES string of the molecule is [N-]=[N+]=NCCCC[C@H](NC(=O)CCCN=[N+]=[N-])C(=O)N[C@@H](CCCCN=[N+]=[N-])C(=O)N[C@@H](CCCCN=[N+]=[N-])C(=O)NCCOCCOCCOCCOCCC(=O)Oc1c(F)c(F)c(F)c(F)c1F. The van der Waals surface area contributed by atoms with Crippen molar-refractivity contribution in [2.24, 2.45) is 20.5 Å². The minimum absolute atomic E-state index is 0.0173. The predicted octanol–water partition coefficient (Wildman–Crippen LogP) is 5.85. The van der Waals surface area contributed by atoms with E-state index in [1.165, 1.54) is 0 Å². The van der Waals surface area contributed by atoms with Crippen LogP contribution in [0.2, 0.25) is 0 Å². The zero-order valence-corrected chi connectivity index (χ0v) is 38.2. The first kappa shape index (κ1) is 61.3. The summed E-state index contributed by atoms with van der Waals surface area (Å²) in [5.74, 6) is -17.0. The van der Waals surface area contributed by atoms with Gasteiger partial charge in [-0.2, -0.15) is 8.78 Å². The van der Waals surface area contributed by atoms with Crippen molar-refractivity contribution in [2.45, 2.75) is 95.2 Å². The van der Waals surface area contributed by atoms with Gasteiger partial charge in [-0.1, -0.05) is 39.7 Å². The maximum Gasteiger partial charge on any atom is 0.313 e. The number of rotatable bonds is 41. The minimum Gasteiger partial charge on any atom is -0.420 e. The van der Waals surface area contributed by atoms with Gasteiger partial charge >= 0.3 is 5.97 Å². The molecule has 0 aliphatic carbocycles. The summed E-state index contributed by atoms with van der Waals surface area (Å²) >= 11 is 0. The molecule has 1 rings (SSSR count). The van der Waals surface area contributed by atoms with Crippen molar-refractivity contribution in [3.8, 4) is 5.75 Å². The van der Waals surface area contributed by atoms with Crippen LogP contribution in [0.1, 0.15) is 77.0 Å². The minimum atomic E-state index is -2.39. The highest BCUT2D eigenvalue weighted by Crippen LogP contribution is 2.29. The number of nitrogens with zero attached hydrogens (tertiary/aromatic N) is 12. The normalized spacial score (nSPS) is 11.8. The number of hydrogen-bond donors (Lipinski definition) is 4. The molecule has 3 atom stereocenters. The van der Waals surface area contributed by atoms with Crippen molar-refractivity contribution in [1.29, 1.82) is 0 Å². The van der Waals surface area contributed by atoms with Crippen molar-refractivity contribution in [1.82, 2.24) is 21.3 Å². The van der Waals surface area contributed by atoms with Crippen LogP contribution in [0.15, 0.2) is 20.5 Å². The Kier molecular flexibility index (Phi) is 34.3. The van der Waals surface area contributed by atoms with Crippen molar-refractivity contribution in [2.75, 3.05) is 85.6 Å². The third kappa shape index (κ3) is 27.3. The monoisotopic (exact) mass is 1000 g/mol. The average molecular weight is 1000 g/mol. The van der Waals surface area contributed by atoms with Crippen LogP contribution in [0, 0.1) is 29.1 Å². The maximum absolute atomic E-state index is 13.8. The highest BCUT2D eigenvalue weighted by Gasteiger charge is 2.30. The molecule has 1 aromatic carbocycles. The Balaban J connectivity index is 2.66. The Bertz CT molecular complexity index is 1980. The Hall–Kier alpha value is -6.70. The molecule has 0 radical (unpaired) electrons. The smallest absolute Gasteiger partial charge is 0.313 e. The van der Waals surface area contributed by atoms with Gasteiger partial charge in [-0.15, -0.1) is 0 Å². The summed E-state index contributed by atoms with van der Waals surface area (Å²) in [5.41, 5.74) is 34.4. The van der Waals surface area contributed by atoms with Gasteiger partial charge in [0.1, 0.15) is 18.1 Å². The lowest BCUT2D eigenvalue weighted by Gasteiger charge is -2.25. The quantitative estimate of drug-likeness (QED) is 0.00698. The lowest BCUT2D eigenvalue weighted by atomic mass is 10.0. The number of hydrogen-bond acceptors (Lipinski definition) is 14. The topological polar surface area (TPSA) is 375 Å². The number of nitrogens with one attached hydrogen (secondary N) is 4. The first-order valence-electron chi connectivity index (χ1n) is 22.1. The van der Waals surface area contributed by atoms with Crippen molar-refractivity contribution < 1.29 is 69.6 Å². The fourth-order valence-electron chi connectivity index (χ4n) is 5.83. The van der Waals surface area contributed by atoms with Crippen LogP contribution in [0.3, 0.4) is 0 Å². The van der Waals surface area contributed by atoms with Crippen molar-refractivity contribution in [3.05, 3.63) is 70.9 Å². The zero-order valence-electron chi connectivity index (χ0n) is 38.2. The molecule has 0 bridgehead atoms. The molecular formula is C39H57F5N16O10. The molecule has 0 unspecified atom stereocenters. The van der Waals surface area contributed by atoms with E-state index in [0.29, 0.717) is 38.5 Å². The zero-order chi connectivity index (χ0) is 51.8. The van der Waals surface area contributed by atoms with Gasteiger partial charge in [0.25, 0.3) is 0 Å². The Morgan fingerprint density at radius 2 is 0.829 bits per heavy atom. The number of azide groups is 4. The summed E-state index contributed by atoms with van der Waals surface area (Å²) in [6.45, 7) is 0.879. The molecule has 388 valence electrons. The van der Waals surface area contributed by atoms with Gasteiger partial charge in [-0.05, 0) is 67.1 Å². The summed E-state index contributed by atoms with van der Waals surface area (Å²) in [5, 5.41) is 24.5. The molecule has 0 fully saturated rings. The second-order valence-electron chi connectivity index (χ2n) is 14.5. The highest BCUT2D eigenvalue weighted by atomic mass is 19.2. The average Bonchev–Trinajstić information content (AvgIpc) is 3.34. The van der Waals surface area contributed by atoms with Gasteiger partial charge in [-0.3, -0.25) is 24.0 Å². The van der Waals surface area contributed by atoms with Gasteiger partial charge < -0.3 is 45.0 Å². The molecule has 0 aliphatic heterocycles. The van der Waals surface area contributed by atoms with E-state index in [1.807, 2.05) is 0 Å². The van der Waals surface area contributed by atoms with E-state index >= 15 is 0 Å². The number of carbonyl (C=O) groups excluding carboxylic acids is 5. The first-order valence-corrected chi connectivity index (χ1v) is 22.1. The fraction of sp³-hybridized carbons (Fsp3) is 0.718. The fourth-order valence-corrected chi connectivity index (χ4v) is 5.83. The Labute approximate surface area is 397 Å². The van der Waals surface area contributed by atoms with Crippen LogP contribution >= 0.6 is 0 Å². The molecule has 31 heteroatoms. The second-order valence-corrected chi connectivity index (χ2v) is 14.5. The predicted molar refractivity (Wildman–Crippen MR) is 235 cm³/mol. The lowest BCUT2D eigenvalue weighted by Crippen LogP contribution is -2.56. The first-order chi connectivity index (χ1) is 33.8. The van der Waals surface area contributed by atoms with E-state index in [9.17, 15) is 45.9 Å². The van der Waals surface area contributed by atoms with Crippen molar-refractivity contribution >= 4 is 29.6 Å². The Morgan fingerprint density at radius 3 is 1.27 bits per heavy atom. The number of ether oxygens (including phenoxy) is 5. The lowest BCUT2D eigenvalue weighted by molar-refractivity contribution is -0.136. The molecule has 70 heavy (non-hydrogen) atoms. The van der Waals surface area contributed by atoms with Crippen LogP contribution in [-0.2, 0) is 42.9 Å². The van der Waals surface area contributed by atoms with Gasteiger partial charge in [0.2, 0.25) is 58.5 Å². The standard InChI is InChI=1S/C39H57F5N16O10/c40-31-32(41)34(43)36(35(44)33(31)42)70-30(62)12-18-66-20-22-68-24-25-69-23-21-67-19-17-49-37(63)26(8-1-4-13-50-57-45)55-39(65)28(10-3-6-15-52-59-47)56-38(64)27(9-2-5-14-51-58-46)54-29(61)11-7-16-53-60-48/h26-28H,1-25H2,(H,49,63)(H,54,61)(H,55,65)(H,56,64)/t26-,27-,28-/m0/s1. The second kappa shape index (κ2) is 39.2. The third-order valence-electron chi connectivity index (χ3n) is 9.33. The molecule has 4 amide bonds. The molecule has 26 nitrogen and oxygen atoms in total. The molecule has 0 spiro atoms. The number of benzene rings is 1. The van der Waals surface area contributed by atoms with Crippen LogP contribution < -0.4 is 26.0 Å². The van der Waals surface area contributed by atoms with E-state index in [1.54, 1.807) is 0 Å². The summed E-state index contributed by atoms with van der Waals surface area (Å²) in [4.78, 5) is 76.1. The molecule has 0 heterocycles. The molecular weight excluding hydrogens is 948 g/mol. The summed E-state index contributed by atoms with van der Waals surface area (Å²) < 4.78 is 92.7. The maximum atomic E-state index is 13.8. The van der Waals surface area contributed by atoms with Gasteiger partial charge in [0.15, 0.2) is 0 Å². The van der Waals surface area contributed by atoms with Gasteiger partial charge in [0, 0.05) is 58.8 Å². The number of unbranched alkanes of at least 4 members (excludes halogenated alkanes) is 3. The van der Waals surface area contributed by atoms with E-state index < -0.39 is 89.0 Å². The number of amides is 4. The third-order valence-corrected chi connectivity index (χ3v) is 9.33. The van der Waals surface area contributed by atoms with Gasteiger partial charge in [-0.25, -0.2) is 13.2 Å². The van der Waals surface area contributed by atoms with E-state index in [2.05, 4.69) is 66.1 Å². The molecule has 1 aromatic rings.